The minimum atomic E-state index is -4.94. The first-order valence-electron chi connectivity index (χ1n) is 31.8. The van der Waals surface area contributed by atoms with Gasteiger partial charge >= 0.3 is 39.5 Å². The van der Waals surface area contributed by atoms with Crippen LogP contribution in [0.3, 0.4) is 0 Å². The first-order chi connectivity index (χ1) is 38.2. The average Bonchev–Trinajstić information content (AvgIpc) is 3.42. The summed E-state index contributed by atoms with van der Waals surface area (Å²) in [5.74, 6) is -2.14. The van der Waals surface area contributed by atoms with Crippen LogP contribution in [0.2, 0.25) is 0 Å². The molecule has 2 unspecified atom stereocenters. The quantitative estimate of drug-likeness (QED) is 0.0222. The van der Waals surface area contributed by atoms with Crippen LogP contribution in [0.5, 0.6) is 0 Å². The predicted molar refractivity (Wildman–Crippen MR) is 312 cm³/mol. The number of carbonyl (C=O) groups is 4. The molecule has 0 aromatic rings. The van der Waals surface area contributed by atoms with E-state index < -0.39 is 97.5 Å². The van der Waals surface area contributed by atoms with Crippen molar-refractivity contribution in [2.45, 2.75) is 322 Å². The van der Waals surface area contributed by atoms with Crippen LogP contribution in [0.1, 0.15) is 304 Å². The normalized spacial score (nSPS) is 14.3. The summed E-state index contributed by atoms with van der Waals surface area (Å²) in [6.45, 7) is 4.80. The second-order valence-corrected chi connectivity index (χ2v) is 24.6. The van der Waals surface area contributed by atoms with Crippen LogP contribution in [-0.4, -0.2) is 96.7 Å². The molecule has 0 aliphatic heterocycles. The molecule has 0 amide bonds. The third kappa shape index (κ3) is 55.0. The molecule has 0 fully saturated rings. The van der Waals surface area contributed by atoms with E-state index in [1.165, 1.54) is 122 Å². The largest absolute Gasteiger partial charge is 0.472 e. The lowest BCUT2D eigenvalue weighted by Crippen LogP contribution is -2.30. The predicted octanol–water partition coefficient (Wildman–Crippen LogP) is 16.4. The Morgan fingerprint density at radius 1 is 0.304 bits per heavy atom. The van der Waals surface area contributed by atoms with Crippen molar-refractivity contribution in [2.24, 2.45) is 0 Å². The third-order valence-corrected chi connectivity index (χ3v) is 15.8. The molecule has 0 aliphatic rings. The summed E-state index contributed by atoms with van der Waals surface area (Å²) in [5, 5.41) is 10.5. The molecular weight excluding hydrogens is 1050 g/mol. The van der Waals surface area contributed by atoms with Gasteiger partial charge in [-0.2, -0.15) is 0 Å². The molecular formula is C60H116O17P2. The number of rotatable bonds is 61. The zero-order valence-corrected chi connectivity index (χ0v) is 52.1. The van der Waals surface area contributed by atoms with Gasteiger partial charge in [-0.05, 0) is 25.7 Å². The van der Waals surface area contributed by atoms with Gasteiger partial charge in [-0.25, -0.2) is 9.13 Å². The van der Waals surface area contributed by atoms with Crippen molar-refractivity contribution >= 4 is 39.5 Å². The van der Waals surface area contributed by atoms with E-state index >= 15 is 0 Å². The number of unbranched alkanes of at least 4 members (excludes halogenated alkanes) is 35. The van der Waals surface area contributed by atoms with Crippen LogP contribution >= 0.6 is 15.6 Å². The van der Waals surface area contributed by atoms with Crippen molar-refractivity contribution in [1.29, 1.82) is 0 Å². The van der Waals surface area contributed by atoms with Gasteiger partial charge in [-0.3, -0.25) is 37.3 Å². The van der Waals surface area contributed by atoms with Crippen LogP contribution in [0, 0.1) is 0 Å². The van der Waals surface area contributed by atoms with E-state index in [0.29, 0.717) is 25.7 Å². The van der Waals surface area contributed by atoms with E-state index in [2.05, 4.69) is 27.7 Å². The van der Waals surface area contributed by atoms with E-state index in [4.69, 9.17) is 37.0 Å². The van der Waals surface area contributed by atoms with Gasteiger partial charge in [-0.15, -0.1) is 0 Å². The number of hydrogen-bond donors (Lipinski definition) is 3. The van der Waals surface area contributed by atoms with Gasteiger partial charge in [0.15, 0.2) is 12.2 Å². The standard InChI is InChI=1S/C60H116O17P2/c1-5-9-13-17-21-25-26-27-28-29-31-35-39-43-47-60(65)77-56(51-71-58(63)45-41-37-34-30-22-18-14-10-6-2)53-75-79(68,69)73-49-54(61)48-72-78(66,67)74-52-55(76-59(64)46-42-38-33-24-20-16-12-8-4)50-70-57(62)44-40-36-32-23-19-15-11-7-3/h54-56,61H,5-53H2,1-4H3,(H,66,67)(H,68,69)/t54-,55+,56+/m0/s1. The van der Waals surface area contributed by atoms with Gasteiger partial charge in [0, 0.05) is 25.7 Å². The molecule has 0 saturated heterocycles. The van der Waals surface area contributed by atoms with Gasteiger partial charge in [-0.1, -0.05) is 252 Å². The monoisotopic (exact) mass is 1170 g/mol. The lowest BCUT2D eigenvalue weighted by atomic mass is 10.0. The van der Waals surface area contributed by atoms with Crippen LogP contribution in [0.25, 0.3) is 0 Å². The second-order valence-electron chi connectivity index (χ2n) is 21.7. The summed E-state index contributed by atoms with van der Waals surface area (Å²) >= 11 is 0. The highest BCUT2D eigenvalue weighted by Gasteiger charge is 2.30. The molecule has 79 heavy (non-hydrogen) atoms. The van der Waals surface area contributed by atoms with Crippen molar-refractivity contribution in [3.8, 4) is 0 Å². The van der Waals surface area contributed by atoms with Gasteiger partial charge in [0.25, 0.3) is 0 Å². The topological polar surface area (TPSA) is 237 Å². The van der Waals surface area contributed by atoms with Gasteiger partial charge < -0.3 is 33.8 Å². The van der Waals surface area contributed by atoms with E-state index in [-0.39, 0.29) is 25.7 Å². The summed E-state index contributed by atoms with van der Waals surface area (Å²) < 4.78 is 67.7. The molecule has 5 atom stereocenters. The summed E-state index contributed by atoms with van der Waals surface area (Å²) in [4.78, 5) is 71.8. The fraction of sp³-hybridized carbons (Fsp3) is 0.933. The number of esters is 4. The number of phosphoric acid groups is 2. The van der Waals surface area contributed by atoms with Crippen molar-refractivity contribution in [2.75, 3.05) is 39.6 Å². The lowest BCUT2D eigenvalue weighted by Gasteiger charge is -2.21. The molecule has 0 saturated carbocycles. The second kappa shape index (κ2) is 55.3. The Morgan fingerprint density at radius 3 is 0.747 bits per heavy atom. The number of phosphoric ester groups is 2. The Bertz CT molecular complexity index is 1540. The molecule has 0 aromatic heterocycles. The SMILES string of the molecule is CCCCCCCCCCCCCCCCC(=O)O[C@H](COC(=O)CCCCCCCCCCC)COP(=O)(O)OC[C@@H](O)COP(=O)(O)OC[C@@H](COC(=O)CCCCCCCCCC)OC(=O)CCCCCCCCCC. The summed E-state index contributed by atoms with van der Waals surface area (Å²) in [7, 11) is -9.87. The molecule has 0 radical (unpaired) electrons. The van der Waals surface area contributed by atoms with Crippen molar-refractivity contribution in [1.82, 2.24) is 0 Å². The van der Waals surface area contributed by atoms with Crippen LogP contribution in [0.15, 0.2) is 0 Å². The highest BCUT2D eigenvalue weighted by atomic mass is 31.2. The summed E-state index contributed by atoms with van der Waals surface area (Å²) in [5.41, 5.74) is 0. The summed E-state index contributed by atoms with van der Waals surface area (Å²) in [6, 6.07) is 0. The van der Waals surface area contributed by atoms with Gasteiger partial charge in [0.05, 0.1) is 26.4 Å². The molecule has 0 bridgehead atoms. The van der Waals surface area contributed by atoms with Crippen LogP contribution in [-0.2, 0) is 65.4 Å². The Kier molecular flexibility index (Phi) is 53.9. The van der Waals surface area contributed by atoms with E-state index in [1.807, 2.05) is 0 Å². The molecule has 0 aliphatic carbocycles. The number of ether oxygens (including phenoxy) is 4. The van der Waals surface area contributed by atoms with Gasteiger partial charge in [0.1, 0.15) is 19.3 Å². The fourth-order valence-electron chi connectivity index (χ4n) is 8.93. The maximum atomic E-state index is 12.9. The first-order valence-corrected chi connectivity index (χ1v) is 34.8. The maximum Gasteiger partial charge on any atom is 0.472 e. The smallest absolute Gasteiger partial charge is 0.462 e. The Hall–Kier alpha value is -1.94. The molecule has 3 N–H and O–H groups in total. The Morgan fingerprint density at radius 2 is 0.506 bits per heavy atom. The molecule has 468 valence electrons. The van der Waals surface area contributed by atoms with E-state index in [1.54, 1.807) is 0 Å². The van der Waals surface area contributed by atoms with Crippen molar-refractivity contribution in [3.63, 3.8) is 0 Å². The molecule has 0 spiro atoms. The number of aliphatic hydroxyl groups excluding tert-OH is 1. The van der Waals surface area contributed by atoms with E-state index in [0.717, 1.165) is 103 Å². The molecule has 0 aromatic carbocycles. The number of carbonyl (C=O) groups excluding carboxylic acids is 4. The minimum Gasteiger partial charge on any atom is -0.462 e. The third-order valence-electron chi connectivity index (χ3n) is 13.9. The first kappa shape index (κ1) is 77.1. The Balaban J connectivity index is 5.19. The van der Waals surface area contributed by atoms with Crippen molar-refractivity contribution < 1.29 is 80.2 Å². The highest BCUT2D eigenvalue weighted by Crippen LogP contribution is 2.45. The average molecular weight is 1170 g/mol. The minimum absolute atomic E-state index is 0.105. The summed E-state index contributed by atoms with van der Waals surface area (Å²) in [6.07, 6.45) is 39.0. The zero-order valence-electron chi connectivity index (χ0n) is 50.3. The Labute approximate surface area is 479 Å². The zero-order chi connectivity index (χ0) is 58.3. The number of aliphatic hydroxyl groups is 1. The van der Waals surface area contributed by atoms with E-state index in [9.17, 15) is 43.2 Å². The highest BCUT2D eigenvalue weighted by molar-refractivity contribution is 7.47. The van der Waals surface area contributed by atoms with Crippen LogP contribution in [0.4, 0.5) is 0 Å². The maximum absolute atomic E-state index is 12.9. The van der Waals surface area contributed by atoms with Gasteiger partial charge in [0.2, 0.25) is 0 Å². The number of hydrogen-bond acceptors (Lipinski definition) is 15. The molecule has 0 rings (SSSR count). The lowest BCUT2D eigenvalue weighted by molar-refractivity contribution is -0.161. The van der Waals surface area contributed by atoms with Crippen molar-refractivity contribution in [3.05, 3.63) is 0 Å². The molecule has 17 nitrogen and oxygen atoms in total. The molecule has 0 heterocycles. The molecule has 19 heteroatoms. The fourth-order valence-corrected chi connectivity index (χ4v) is 10.5. The van der Waals surface area contributed by atoms with Crippen LogP contribution < -0.4 is 0 Å².